The number of hydrogen-bond acceptors (Lipinski definition) is 6. The molecule has 0 unspecified atom stereocenters. The van der Waals surface area contributed by atoms with E-state index in [4.69, 9.17) is 8.85 Å². The van der Waals surface area contributed by atoms with Crippen molar-refractivity contribution in [2.75, 3.05) is 6.54 Å². The summed E-state index contributed by atoms with van der Waals surface area (Å²) in [6.45, 7) is 4.42. The average Bonchev–Trinajstić information content (AvgIpc) is 2.16. The Balaban J connectivity index is 4.71. The molecule has 16 heavy (non-hydrogen) atoms. The van der Waals surface area contributed by atoms with Crippen LogP contribution in [0.15, 0.2) is 4.99 Å². The highest BCUT2D eigenvalue weighted by Gasteiger charge is 2.41. The molecule has 0 heterocycles. The summed E-state index contributed by atoms with van der Waals surface area (Å²) in [7, 11) is -2.90. The highest BCUT2D eigenvalue weighted by molar-refractivity contribution is 6.70. The van der Waals surface area contributed by atoms with Crippen molar-refractivity contribution in [3.05, 3.63) is 0 Å². The molecular weight excluding hydrogens is 230 g/mol. The number of rotatable bonds is 6. The molecule has 0 radical (unpaired) electrons. The molecule has 7 heteroatoms. The van der Waals surface area contributed by atoms with Crippen LogP contribution < -0.4 is 0 Å². The molecule has 0 fully saturated rings. The summed E-state index contributed by atoms with van der Waals surface area (Å²) in [4.78, 5) is 35.2. The summed E-state index contributed by atoms with van der Waals surface area (Å²) in [6.07, 6.45) is 1.39. The number of nitrogens with zero attached hydrogens (tertiary/aromatic N) is 1. The lowest BCUT2D eigenvalue weighted by atomic mass is 10.8. The van der Waals surface area contributed by atoms with E-state index in [9.17, 15) is 14.4 Å². The number of hydrogen-bond donors (Lipinski definition) is 0. The normalized spacial score (nSPS) is 10.2. The summed E-state index contributed by atoms with van der Waals surface area (Å²) in [5, 5.41) is 0. The fourth-order valence-corrected chi connectivity index (χ4v) is 3.63. The molecule has 90 valence electrons. The van der Waals surface area contributed by atoms with E-state index < -0.39 is 20.5 Å². The molecule has 0 aliphatic rings. The van der Waals surface area contributed by atoms with Gasteiger partial charge in [-0.3, -0.25) is 9.59 Å². The summed E-state index contributed by atoms with van der Waals surface area (Å²) < 4.78 is 10.2. The van der Waals surface area contributed by atoms with Gasteiger partial charge in [0.15, 0.2) is 0 Å². The second-order valence-corrected chi connectivity index (χ2v) is 6.61. The highest BCUT2D eigenvalue weighted by atomic mass is 28.4. The first-order valence-electron chi connectivity index (χ1n) is 4.88. The molecule has 0 N–H and O–H groups in total. The van der Waals surface area contributed by atoms with E-state index >= 15 is 0 Å². The maximum absolute atomic E-state index is 10.9. The Kier molecular flexibility index (Phi) is 6.29. The Morgan fingerprint density at radius 1 is 1.25 bits per heavy atom. The van der Waals surface area contributed by atoms with Crippen LogP contribution >= 0.6 is 0 Å². The first-order valence-corrected chi connectivity index (χ1v) is 7.11. The lowest BCUT2D eigenvalue weighted by Gasteiger charge is -2.26. The van der Waals surface area contributed by atoms with Gasteiger partial charge in [0.1, 0.15) is 0 Å². The molecule has 0 rings (SSSR count). The second kappa shape index (κ2) is 6.92. The van der Waals surface area contributed by atoms with Crippen molar-refractivity contribution in [2.45, 2.75) is 32.9 Å². The van der Waals surface area contributed by atoms with Gasteiger partial charge in [0.25, 0.3) is 11.9 Å². The van der Waals surface area contributed by atoms with Crippen LogP contribution in [0.2, 0.25) is 12.1 Å². The van der Waals surface area contributed by atoms with Crippen LogP contribution in [0, 0.1) is 0 Å². The van der Waals surface area contributed by atoms with Crippen molar-refractivity contribution in [1.82, 2.24) is 0 Å². The van der Waals surface area contributed by atoms with Crippen LogP contribution in [-0.4, -0.2) is 33.1 Å². The summed E-state index contributed by atoms with van der Waals surface area (Å²) in [5.41, 5.74) is 0. The van der Waals surface area contributed by atoms with Crippen LogP contribution in [0.1, 0.15) is 20.8 Å². The van der Waals surface area contributed by atoms with Crippen molar-refractivity contribution in [3.8, 4) is 0 Å². The molecule has 0 amide bonds. The molecule has 6 nitrogen and oxygen atoms in total. The minimum absolute atomic E-state index is 0.143. The Hall–Kier alpha value is -1.46. The van der Waals surface area contributed by atoms with Gasteiger partial charge < -0.3 is 8.85 Å². The van der Waals surface area contributed by atoms with Crippen molar-refractivity contribution in [2.24, 2.45) is 4.99 Å². The fraction of sp³-hybridized carbons (Fsp3) is 0.667. The average molecular weight is 245 g/mol. The minimum Gasteiger partial charge on any atom is -0.485 e. The topological polar surface area (TPSA) is 82.0 Å². The maximum atomic E-state index is 10.9. The monoisotopic (exact) mass is 245 g/mol. The van der Waals surface area contributed by atoms with Crippen molar-refractivity contribution in [3.63, 3.8) is 0 Å². The predicted octanol–water partition coefficient (Wildman–Crippen LogP) is 0.911. The van der Waals surface area contributed by atoms with Crippen LogP contribution in [0.25, 0.3) is 0 Å². The Labute approximate surface area is 94.9 Å². The molecule has 0 aromatic heterocycles. The lowest BCUT2D eigenvalue weighted by Crippen LogP contribution is -2.44. The number of aliphatic imine (C=N–C) groups is 1. The van der Waals surface area contributed by atoms with Gasteiger partial charge in [-0.2, -0.15) is 0 Å². The number of carbonyl (C=O) groups excluding carboxylic acids is 3. The number of isocyanates is 1. The molecule has 0 aliphatic heterocycles. The molecular formula is C9H15NO5Si. The van der Waals surface area contributed by atoms with E-state index in [0.29, 0.717) is 6.04 Å². The van der Waals surface area contributed by atoms with Crippen LogP contribution in [0.5, 0.6) is 0 Å². The minimum atomic E-state index is -2.90. The Morgan fingerprint density at radius 2 is 1.75 bits per heavy atom. The third-order valence-corrected chi connectivity index (χ3v) is 5.25. The van der Waals surface area contributed by atoms with Crippen molar-refractivity contribution >= 4 is 26.6 Å². The Bertz CT molecular complexity index is 295. The van der Waals surface area contributed by atoms with Gasteiger partial charge in [-0.05, 0) is 0 Å². The number of carbonyl (C=O) groups is 2. The zero-order chi connectivity index (χ0) is 12.6. The van der Waals surface area contributed by atoms with E-state index in [1.54, 1.807) is 6.92 Å². The zero-order valence-electron chi connectivity index (χ0n) is 9.61. The maximum Gasteiger partial charge on any atom is 0.465 e. The molecule has 0 aliphatic carbocycles. The summed E-state index contributed by atoms with van der Waals surface area (Å²) in [6, 6.07) is 0.707. The molecule has 0 atom stereocenters. The molecule has 0 bridgehead atoms. The molecule has 0 saturated carbocycles. The van der Waals surface area contributed by atoms with Gasteiger partial charge in [-0.15, -0.1) is 0 Å². The van der Waals surface area contributed by atoms with E-state index in [1.807, 2.05) is 0 Å². The summed E-state index contributed by atoms with van der Waals surface area (Å²) >= 11 is 0. The smallest absolute Gasteiger partial charge is 0.465 e. The predicted molar refractivity (Wildman–Crippen MR) is 57.6 cm³/mol. The summed E-state index contributed by atoms with van der Waals surface area (Å²) in [5.74, 6) is -0.991. The van der Waals surface area contributed by atoms with Gasteiger partial charge in [-0.25, -0.2) is 9.79 Å². The first-order chi connectivity index (χ1) is 7.45. The molecule has 0 aromatic carbocycles. The van der Waals surface area contributed by atoms with Crippen molar-refractivity contribution < 1.29 is 23.2 Å². The van der Waals surface area contributed by atoms with Gasteiger partial charge >= 0.3 is 8.56 Å². The quantitative estimate of drug-likeness (QED) is 0.394. The third kappa shape index (κ3) is 5.43. The third-order valence-electron chi connectivity index (χ3n) is 1.87. The standard InChI is InChI=1S/C9H15NO5Si/c1-4-16(14-8(2)12,15-9(3)13)6-5-10-7-11/h4-6H2,1-3H3. The SMILES string of the molecule is CC[Si](CCN=C=O)(OC(C)=O)OC(C)=O. The molecule has 0 saturated heterocycles. The van der Waals surface area contributed by atoms with Crippen molar-refractivity contribution in [1.29, 1.82) is 0 Å². The van der Waals surface area contributed by atoms with Gasteiger partial charge in [-0.1, -0.05) is 6.92 Å². The van der Waals surface area contributed by atoms with Crippen LogP contribution in [0.3, 0.4) is 0 Å². The molecule has 0 aromatic rings. The van der Waals surface area contributed by atoms with Crippen LogP contribution in [-0.2, 0) is 23.2 Å². The van der Waals surface area contributed by atoms with E-state index in [2.05, 4.69) is 4.99 Å². The van der Waals surface area contributed by atoms with E-state index in [-0.39, 0.29) is 12.6 Å². The van der Waals surface area contributed by atoms with Gasteiger partial charge in [0.2, 0.25) is 6.08 Å². The Morgan fingerprint density at radius 3 is 2.06 bits per heavy atom. The lowest BCUT2D eigenvalue weighted by molar-refractivity contribution is -0.139. The van der Waals surface area contributed by atoms with Gasteiger partial charge in [0, 0.05) is 25.9 Å². The zero-order valence-corrected chi connectivity index (χ0v) is 10.6. The first kappa shape index (κ1) is 14.5. The second-order valence-electron chi connectivity index (χ2n) is 3.17. The van der Waals surface area contributed by atoms with Crippen LogP contribution in [0.4, 0.5) is 0 Å². The fourth-order valence-electron chi connectivity index (χ4n) is 1.24. The van der Waals surface area contributed by atoms with E-state index in [0.717, 1.165) is 0 Å². The molecule has 0 spiro atoms. The largest absolute Gasteiger partial charge is 0.485 e. The van der Waals surface area contributed by atoms with Gasteiger partial charge in [0.05, 0.1) is 6.54 Å². The van der Waals surface area contributed by atoms with E-state index in [1.165, 1.54) is 19.9 Å². The highest BCUT2D eigenvalue weighted by Crippen LogP contribution is 2.19.